The van der Waals surface area contributed by atoms with E-state index in [2.05, 4.69) is 23.9 Å². The zero-order valence-electron chi connectivity index (χ0n) is 9.70. The Morgan fingerprint density at radius 3 is 2.62 bits per heavy atom. The molecule has 16 heavy (non-hydrogen) atoms. The summed E-state index contributed by atoms with van der Waals surface area (Å²) in [6, 6.07) is 0.281. The van der Waals surface area contributed by atoms with Crippen molar-refractivity contribution in [2.24, 2.45) is 7.05 Å². The van der Waals surface area contributed by atoms with Crippen LogP contribution in [0.4, 0.5) is 0 Å². The van der Waals surface area contributed by atoms with Gasteiger partial charge in [0.05, 0.1) is 24.4 Å². The predicted molar refractivity (Wildman–Crippen MR) is 59.9 cm³/mol. The zero-order valence-corrected chi connectivity index (χ0v) is 9.70. The summed E-state index contributed by atoms with van der Waals surface area (Å²) < 4.78 is 3.63. The first-order valence-corrected chi connectivity index (χ1v) is 5.28. The highest BCUT2D eigenvalue weighted by Gasteiger charge is 2.17. The highest BCUT2D eigenvalue weighted by atomic mass is 16.3. The minimum absolute atomic E-state index is 0.281. The largest absolute Gasteiger partial charge is 0.382 e. The molecule has 0 aliphatic carbocycles. The minimum Gasteiger partial charge on any atom is -0.382 e. The number of imidazole rings is 1. The highest BCUT2D eigenvalue weighted by Crippen LogP contribution is 2.23. The number of aromatic nitrogens is 4. The maximum absolute atomic E-state index is 10.2. The van der Waals surface area contributed by atoms with Gasteiger partial charge in [0.1, 0.15) is 6.10 Å². The second kappa shape index (κ2) is 4.09. The SMILES string of the molecule is CC(C)n1cncc1C(O)c1cnn(C)c1. The summed E-state index contributed by atoms with van der Waals surface area (Å²) in [5.74, 6) is 0. The number of hydrogen-bond acceptors (Lipinski definition) is 3. The van der Waals surface area contributed by atoms with Crippen molar-refractivity contribution in [2.45, 2.75) is 26.0 Å². The Morgan fingerprint density at radius 2 is 2.06 bits per heavy atom. The van der Waals surface area contributed by atoms with E-state index in [1.165, 1.54) is 0 Å². The number of aryl methyl sites for hydroxylation is 1. The molecule has 0 aromatic carbocycles. The van der Waals surface area contributed by atoms with Crippen LogP contribution in [0, 0.1) is 0 Å². The van der Waals surface area contributed by atoms with Crippen molar-refractivity contribution in [3.05, 3.63) is 36.2 Å². The molecule has 2 aromatic rings. The van der Waals surface area contributed by atoms with Crippen molar-refractivity contribution < 1.29 is 5.11 Å². The normalized spacial score (nSPS) is 13.3. The fourth-order valence-corrected chi connectivity index (χ4v) is 1.71. The van der Waals surface area contributed by atoms with Crippen molar-refractivity contribution in [1.29, 1.82) is 0 Å². The molecule has 0 saturated carbocycles. The standard InChI is InChI=1S/C11H16N4O/c1-8(2)15-7-12-5-10(15)11(16)9-4-13-14(3)6-9/h4-8,11,16H,1-3H3. The molecule has 86 valence electrons. The maximum Gasteiger partial charge on any atom is 0.124 e. The Balaban J connectivity index is 2.33. The van der Waals surface area contributed by atoms with Crippen LogP contribution in [-0.2, 0) is 7.05 Å². The summed E-state index contributed by atoms with van der Waals surface area (Å²) in [5.41, 5.74) is 1.58. The summed E-state index contributed by atoms with van der Waals surface area (Å²) >= 11 is 0. The van der Waals surface area contributed by atoms with Crippen LogP contribution in [-0.4, -0.2) is 24.4 Å². The van der Waals surface area contributed by atoms with Crippen molar-refractivity contribution in [2.75, 3.05) is 0 Å². The fourth-order valence-electron chi connectivity index (χ4n) is 1.71. The molecule has 0 saturated heterocycles. The second-order valence-electron chi connectivity index (χ2n) is 4.17. The lowest BCUT2D eigenvalue weighted by atomic mass is 10.1. The smallest absolute Gasteiger partial charge is 0.124 e. The van der Waals surface area contributed by atoms with Gasteiger partial charge in [-0.15, -0.1) is 0 Å². The van der Waals surface area contributed by atoms with Gasteiger partial charge in [-0.25, -0.2) is 4.98 Å². The van der Waals surface area contributed by atoms with Crippen LogP contribution in [0.2, 0.25) is 0 Å². The van der Waals surface area contributed by atoms with Crippen molar-refractivity contribution in [3.63, 3.8) is 0 Å². The first-order chi connectivity index (χ1) is 7.59. The molecular formula is C11H16N4O. The van der Waals surface area contributed by atoms with Gasteiger partial charge in [-0.05, 0) is 13.8 Å². The first-order valence-electron chi connectivity index (χ1n) is 5.28. The van der Waals surface area contributed by atoms with E-state index in [1.54, 1.807) is 23.4 Å². The third kappa shape index (κ3) is 1.86. The molecule has 0 fully saturated rings. The second-order valence-corrected chi connectivity index (χ2v) is 4.17. The lowest BCUT2D eigenvalue weighted by Crippen LogP contribution is -2.09. The molecule has 0 spiro atoms. The van der Waals surface area contributed by atoms with Crippen molar-refractivity contribution in [1.82, 2.24) is 19.3 Å². The fraction of sp³-hybridized carbons (Fsp3) is 0.455. The Hall–Kier alpha value is -1.62. The monoisotopic (exact) mass is 220 g/mol. The number of aliphatic hydroxyl groups excluding tert-OH is 1. The van der Waals surface area contributed by atoms with Gasteiger partial charge in [0, 0.05) is 24.8 Å². The topological polar surface area (TPSA) is 55.9 Å². The summed E-state index contributed by atoms with van der Waals surface area (Å²) in [7, 11) is 1.83. The summed E-state index contributed by atoms with van der Waals surface area (Å²) in [5, 5.41) is 14.3. The van der Waals surface area contributed by atoms with Crippen molar-refractivity contribution in [3.8, 4) is 0 Å². The molecular weight excluding hydrogens is 204 g/mol. The van der Waals surface area contributed by atoms with E-state index in [9.17, 15) is 5.11 Å². The lowest BCUT2D eigenvalue weighted by Gasteiger charge is -2.15. The molecule has 1 atom stereocenters. The van der Waals surface area contributed by atoms with Crippen molar-refractivity contribution >= 4 is 0 Å². The molecule has 0 aliphatic heterocycles. The van der Waals surface area contributed by atoms with Gasteiger partial charge in [0.2, 0.25) is 0 Å². The molecule has 5 heteroatoms. The van der Waals surface area contributed by atoms with Gasteiger partial charge in [0.25, 0.3) is 0 Å². The number of rotatable bonds is 3. The number of nitrogens with zero attached hydrogens (tertiary/aromatic N) is 4. The molecule has 0 bridgehead atoms. The van der Waals surface area contributed by atoms with Crippen LogP contribution in [0.3, 0.4) is 0 Å². The van der Waals surface area contributed by atoms with E-state index in [-0.39, 0.29) is 6.04 Å². The van der Waals surface area contributed by atoms with Crippen LogP contribution in [0.1, 0.15) is 37.3 Å². The third-order valence-corrected chi connectivity index (χ3v) is 2.57. The number of aliphatic hydroxyl groups is 1. The zero-order chi connectivity index (χ0) is 11.7. The molecule has 0 aliphatic rings. The van der Waals surface area contributed by atoms with Crippen LogP contribution < -0.4 is 0 Å². The Labute approximate surface area is 94.4 Å². The Bertz CT molecular complexity index is 472. The Kier molecular flexibility index (Phi) is 2.78. The van der Waals surface area contributed by atoms with Crippen LogP contribution in [0.5, 0.6) is 0 Å². The van der Waals surface area contributed by atoms with E-state index in [0.717, 1.165) is 11.3 Å². The molecule has 5 nitrogen and oxygen atoms in total. The molecule has 2 heterocycles. The summed E-state index contributed by atoms with van der Waals surface area (Å²) in [6.07, 6.45) is 6.24. The van der Waals surface area contributed by atoms with Crippen LogP contribution in [0.15, 0.2) is 24.9 Å². The van der Waals surface area contributed by atoms with Crippen LogP contribution >= 0.6 is 0 Å². The quantitative estimate of drug-likeness (QED) is 0.847. The van der Waals surface area contributed by atoms with Gasteiger partial charge in [-0.1, -0.05) is 0 Å². The van der Waals surface area contributed by atoms with E-state index < -0.39 is 6.10 Å². The molecule has 0 radical (unpaired) electrons. The molecule has 1 N–H and O–H groups in total. The van der Waals surface area contributed by atoms with E-state index in [1.807, 2.05) is 17.8 Å². The van der Waals surface area contributed by atoms with Gasteiger partial charge < -0.3 is 9.67 Å². The summed E-state index contributed by atoms with van der Waals surface area (Å²) in [4.78, 5) is 4.07. The van der Waals surface area contributed by atoms with Crippen LogP contribution in [0.25, 0.3) is 0 Å². The van der Waals surface area contributed by atoms with Gasteiger partial charge >= 0.3 is 0 Å². The molecule has 2 rings (SSSR count). The first kappa shape index (κ1) is 10.9. The number of hydrogen-bond donors (Lipinski definition) is 1. The van der Waals surface area contributed by atoms with Gasteiger partial charge in [0.15, 0.2) is 0 Å². The molecule has 0 amide bonds. The molecule has 1 unspecified atom stereocenters. The van der Waals surface area contributed by atoms with E-state index in [4.69, 9.17) is 0 Å². The molecule has 2 aromatic heterocycles. The average molecular weight is 220 g/mol. The average Bonchev–Trinajstić information content (AvgIpc) is 2.84. The lowest BCUT2D eigenvalue weighted by molar-refractivity contribution is 0.208. The highest BCUT2D eigenvalue weighted by molar-refractivity contribution is 5.20. The Morgan fingerprint density at radius 1 is 1.31 bits per heavy atom. The van der Waals surface area contributed by atoms with E-state index >= 15 is 0 Å². The van der Waals surface area contributed by atoms with E-state index in [0.29, 0.717) is 0 Å². The summed E-state index contributed by atoms with van der Waals surface area (Å²) in [6.45, 7) is 4.11. The third-order valence-electron chi connectivity index (χ3n) is 2.57. The maximum atomic E-state index is 10.2. The van der Waals surface area contributed by atoms with Gasteiger partial charge in [-0.2, -0.15) is 5.10 Å². The minimum atomic E-state index is -0.668. The van der Waals surface area contributed by atoms with Gasteiger partial charge in [-0.3, -0.25) is 4.68 Å². The predicted octanol–water partition coefficient (Wildman–Crippen LogP) is 1.28.